The number of rotatable bonds is 4. The zero-order valence-corrected chi connectivity index (χ0v) is 18.5. The molecule has 0 unspecified atom stereocenters. The molecule has 0 saturated carbocycles. The highest BCUT2D eigenvalue weighted by Gasteiger charge is 2.35. The highest BCUT2D eigenvalue weighted by atomic mass is 28.3. The minimum atomic E-state index is -2.20. The molecule has 148 valence electrons. The SMILES string of the molecule is C(#Cc1ccccc1)C[Si](CC#Cc1ccccc1)(c1ccccc1)c1ccccc1. The van der Waals surface area contributed by atoms with Crippen molar-refractivity contribution in [3.8, 4) is 23.7 Å². The van der Waals surface area contributed by atoms with Crippen LogP contribution in [-0.4, -0.2) is 8.07 Å². The first-order valence-corrected chi connectivity index (χ1v) is 13.0. The van der Waals surface area contributed by atoms with Gasteiger partial charge in [-0.05, 0) is 24.3 Å². The lowest BCUT2D eigenvalue weighted by molar-refractivity contribution is 1.52. The molecule has 31 heavy (non-hydrogen) atoms. The van der Waals surface area contributed by atoms with Crippen molar-refractivity contribution in [1.82, 2.24) is 0 Å². The zero-order valence-electron chi connectivity index (χ0n) is 17.5. The van der Waals surface area contributed by atoms with E-state index in [1.54, 1.807) is 0 Å². The minimum Gasteiger partial charge on any atom is -0.100 e. The van der Waals surface area contributed by atoms with E-state index in [0.29, 0.717) is 0 Å². The molecule has 0 aromatic heterocycles. The van der Waals surface area contributed by atoms with Gasteiger partial charge in [-0.25, -0.2) is 0 Å². The van der Waals surface area contributed by atoms with Crippen molar-refractivity contribution in [3.63, 3.8) is 0 Å². The van der Waals surface area contributed by atoms with Crippen molar-refractivity contribution in [3.05, 3.63) is 132 Å². The van der Waals surface area contributed by atoms with Crippen LogP contribution < -0.4 is 10.4 Å². The summed E-state index contributed by atoms with van der Waals surface area (Å²) >= 11 is 0. The van der Waals surface area contributed by atoms with E-state index in [-0.39, 0.29) is 0 Å². The van der Waals surface area contributed by atoms with Gasteiger partial charge in [0.2, 0.25) is 0 Å². The fourth-order valence-electron chi connectivity index (χ4n) is 3.79. The van der Waals surface area contributed by atoms with Gasteiger partial charge in [0.15, 0.2) is 0 Å². The fraction of sp³-hybridized carbons (Fsp3) is 0.0667. The molecule has 0 atom stereocenters. The quantitative estimate of drug-likeness (QED) is 0.313. The summed E-state index contributed by atoms with van der Waals surface area (Å²) in [7, 11) is -2.20. The largest absolute Gasteiger partial charge is 0.141 e. The molecule has 0 heterocycles. The molecule has 1 heteroatoms. The lowest BCUT2D eigenvalue weighted by atomic mass is 10.2. The number of benzene rings is 4. The fourth-order valence-corrected chi connectivity index (χ4v) is 7.51. The van der Waals surface area contributed by atoms with E-state index in [1.807, 2.05) is 36.4 Å². The average molecular weight is 413 g/mol. The first kappa shape index (κ1) is 20.5. The molecule has 0 aliphatic carbocycles. The van der Waals surface area contributed by atoms with Crippen molar-refractivity contribution >= 4 is 18.4 Å². The molecule has 0 fully saturated rings. The molecular weight excluding hydrogens is 388 g/mol. The van der Waals surface area contributed by atoms with Crippen LogP contribution >= 0.6 is 0 Å². The number of hydrogen-bond donors (Lipinski definition) is 0. The Balaban J connectivity index is 1.77. The average Bonchev–Trinajstić information content (AvgIpc) is 2.85. The third-order valence-corrected chi connectivity index (χ3v) is 9.88. The van der Waals surface area contributed by atoms with E-state index in [0.717, 1.165) is 23.2 Å². The Morgan fingerprint density at radius 2 is 0.742 bits per heavy atom. The molecule has 0 N–H and O–H groups in total. The topological polar surface area (TPSA) is 0 Å². The smallest absolute Gasteiger partial charge is 0.100 e. The van der Waals surface area contributed by atoms with Crippen molar-refractivity contribution in [2.45, 2.75) is 12.1 Å². The van der Waals surface area contributed by atoms with Crippen LogP contribution in [0.3, 0.4) is 0 Å². The molecule has 0 amide bonds. The van der Waals surface area contributed by atoms with Crippen molar-refractivity contribution in [2.24, 2.45) is 0 Å². The minimum absolute atomic E-state index is 0.833. The Morgan fingerprint density at radius 1 is 0.419 bits per heavy atom. The summed E-state index contributed by atoms with van der Waals surface area (Å²) in [5.74, 6) is 13.8. The molecule has 4 aromatic carbocycles. The Labute approximate surface area is 186 Å². The van der Waals surface area contributed by atoms with Gasteiger partial charge in [0.1, 0.15) is 8.07 Å². The summed E-state index contributed by atoms with van der Waals surface area (Å²) in [6.07, 6.45) is 0. The van der Waals surface area contributed by atoms with Crippen LogP contribution in [0.5, 0.6) is 0 Å². The maximum atomic E-state index is 3.53. The molecule has 4 aromatic rings. The Hall–Kier alpha value is -3.78. The van der Waals surface area contributed by atoms with Crippen LogP contribution in [0.1, 0.15) is 11.1 Å². The zero-order chi connectivity index (χ0) is 21.2. The van der Waals surface area contributed by atoms with Crippen molar-refractivity contribution in [1.29, 1.82) is 0 Å². The van der Waals surface area contributed by atoms with Gasteiger partial charge >= 0.3 is 0 Å². The molecule has 0 radical (unpaired) electrons. The second-order valence-electron chi connectivity index (χ2n) is 7.50. The molecular formula is C30H24Si. The summed E-state index contributed by atoms with van der Waals surface area (Å²) in [4.78, 5) is 0. The van der Waals surface area contributed by atoms with Gasteiger partial charge < -0.3 is 0 Å². The van der Waals surface area contributed by atoms with Crippen LogP contribution in [0, 0.1) is 23.7 Å². The molecule has 0 spiro atoms. The molecule has 4 rings (SSSR count). The van der Waals surface area contributed by atoms with E-state index in [2.05, 4.69) is 109 Å². The summed E-state index contributed by atoms with van der Waals surface area (Å²) in [5.41, 5.74) is 2.11. The van der Waals surface area contributed by atoms with E-state index < -0.39 is 8.07 Å². The van der Waals surface area contributed by atoms with Gasteiger partial charge in [-0.1, -0.05) is 119 Å². The normalized spacial score (nSPS) is 10.3. The Kier molecular flexibility index (Phi) is 6.81. The van der Waals surface area contributed by atoms with Gasteiger partial charge in [-0.15, -0.1) is 11.8 Å². The Bertz CT molecular complexity index is 1110. The van der Waals surface area contributed by atoms with Crippen LogP contribution in [0.4, 0.5) is 0 Å². The predicted octanol–water partition coefficient (Wildman–Crippen LogP) is 5.35. The van der Waals surface area contributed by atoms with Gasteiger partial charge in [-0.3, -0.25) is 0 Å². The maximum Gasteiger partial charge on any atom is 0.141 e. The summed E-state index contributed by atoms with van der Waals surface area (Å²) in [6.45, 7) is 0. The molecule has 0 aliphatic rings. The number of hydrogen-bond acceptors (Lipinski definition) is 0. The van der Waals surface area contributed by atoms with Crippen LogP contribution in [0.25, 0.3) is 0 Å². The molecule has 0 aliphatic heterocycles. The van der Waals surface area contributed by atoms with Gasteiger partial charge in [0.05, 0.1) is 0 Å². The van der Waals surface area contributed by atoms with Crippen LogP contribution in [0.15, 0.2) is 121 Å². The lowest BCUT2D eigenvalue weighted by Crippen LogP contribution is -2.57. The first-order chi connectivity index (χ1) is 15.4. The first-order valence-electron chi connectivity index (χ1n) is 10.6. The second-order valence-corrected chi connectivity index (χ2v) is 11.5. The third kappa shape index (κ3) is 5.23. The van der Waals surface area contributed by atoms with Crippen molar-refractivity contribution < 1.29 is 0 Å². The lowest BCUT2D eigenvalue weighted by Gasteiger charge is -2.29. The van der Waals surface area contributed by atoms with Gasteiger partial charge in [0.25, 0.3) is 0 Å². The van der Waals surface area contributed by atoms with Gasteiger partial charge in [0, 0.05) is 23.2 Å². The molecule has 0 bridgehead atoms. The van der Waals surface area contributed by atoms with Crippen LogP contribution in [-0.2, 0) is 0 Å². The van der Waals surface area contributed by atoms with E-state index in [1.165, 1.54) is 10.4 Å². The second kappa shape index (κ2) is 10.3. The van der Waals surface area contributed by atoms with Crippen molar-refractivity contribution in [2.75, 3.05) is 0 Å². The molecule has 0 nitrogen and oxygen atoms in total. The standard InChI is InChI=1S/C30H24Si/c1-5-15-27(16-6-1)19-13-25-31(29-21-9-3-10-22-29,30-23-11-4-12-24-30)26-14-20-28-17-7-2-8-18-28/h1-12,15-18,21-24H,25-26H2. The summed E-state index contributed by atoms with van der Waals surface area (Å²) < 4.78 is 0. The maximum absolute atomic E-state index is 3.53. The van der Waals surface area contributed by atoms with E-state index >= 15 is 0 Å². The molecule has 0 saturated heterocycles. The highest BCUT2D eigenvalue weighted by Crippen LogP contribution is 2.17. The monoisotopic (exact) mass is 412 g/mol. The summed E-state index contributed by atoms with van der Waals surface area (Å²) in [6, 6.07) is 43.9. The predicted molar refractivity (Wildman–Crippen MR) is 134 cm³/mol. The van der Waals surface area contributed by atoms with Gasteiger partial charge in [-0.2, -0.15) is 0 Å². The summed E-state index contributed by atoms with van der Waals surface area (Å²) in [5, 5.41) is 2.76. The Morgan fingerprint density at radius 3 is 1.10 bits per heavy atom. The van der Waals surface area contributed by atoms with E-state index in [4.69, 9.17) is 0 Å². The highest BCUT2D eigenvalue weighted by molar-refractivity contribution is 7.03. The van der Waals surface area contributed by atoms with Crippen LogP contribution in [0.2, 0.25) is 12.1 Å². The van der Waals surface area contributed by atoms with E-state index in [9.17, 15) is 0 Å². The third-order valence-electron chi connectivity index (χ3n) is 5.45.